The molecule has 1 aliphatic rings. The van der Waals surface area contributed by atoms with E-state index in [1.165, 1.54) is 11.8 Å². The first-order valence-electron chi connectivity index (χ1n) is 8.73. The van der Waals surface area contributed by atoms with E-state index >= 15 is 0 Å². The van der Waals surface area contributed by atoms with Gasteiger partial charge in [-0.25, -0.2) is 4.79 Å². The molecule has 6 nitrogen and oxygen atoms in total. The average Bonchev–Trinajstić information content (AvgIpc) is 2.76. The zero-order valence-electron chi connectivity index (χ0n) is 15.7. The second-order valence-corrected chi connectivity index (χ2v) is 7.82. The number of hydrogen-bond donors (Lipinski definition) is 2. The van der Waals surface area contributed by atoms with E-state index in [-0.39, 0.29) is 23.6 Å². The Hall–Kier alpha value is -2.22. The number of carboxylic acid groups (broad SMARTS) is 1. The Morgan fingerprint density at radius 2 is 1.79 bits per heavy atom. The highest BCUT2D eigenvalue weighted by molar-refractivity contribution is 7.99. The first-order valence-corrected chi connectivity index (χ1v) is 9.61. The summed E-state index contributed by atoms with van der Waals surface area (Å²) in [5, 5.41) is 11.5. The number of fused-ring (bicyclic) bond motifs is 1. The summed E-state index contributed by atoms with van der Waals surface area (Å²) >= 11 is 1.52. The van der Waals surface area contributed by atoms with Crippen LogP contribution < -0.4 is 10.2 Å². The van der Waals surface area contributed by atoms with Crippen LogP contribution in [-0.4, -0.2) is 55.2 Å². The number of rotatable bonds is 5. The number of nitrogens with one attached hydrogen (secondary N) is 1. The molecule has 2 aromatic rings. The molecule has 0 unspecified atom stereocenters. The Kier molecular flexibility index (Phi) is 7.74. The quantitative estimate of drug-likeness (QED) is 0.773. The van der Waals surface area contributed by atoms with Crippen molar-refractivity contribution in [1.82, 2.24) is 10.2 Å². The first kappa shape index (κ1) is 22.1. The number of halogens is 1. The maximum Gasteiger partial charge on any atom is 0.405 e. The minimum Gasteiger partial charge on any atom is -0.465 e. The molecule has 8 heteroatoms. The van der Waals surface area contributed by atoms with Crippen molar-refractivity contribution in [2.24, 2.45) is 0 Å². The molecule has 0 saturated heterocycles. The molecule has 0 spiro atoms. The minimum absolute atomic E-state index is 0. The number of amides is 2. The van der Waals surface area contributed by atoms with Crippen molar-refractivity contribution in [2.75, 3.05) is 32.1 Å². The number of carbonyl (C=O) groups is 2. The van der Waals surface area contributed by atoms with Gasteiger partial charge >= 0.3 is 6.09 Å². The summed E-state index contributed by atoms with van der Waals surface area (Å²) < 4.78 is 0. The molecule has 0 bridgehead atoms. The molecule has 0 fully saturated rings. The number of nitrogens with zero attached hydrogens (tertiary/aromatic N) is 2. The average molecular weight is 422 g/mol. The molecule has 1 heterocycles. The van der Waals surface area contributed by atoms with Crippen molar-refractivity contribution in [3.05, 3.63) is 60.2 Å². The molecule has 3 rings (SSSR count). The van der Waals surface area contributed by atoms with Crippen LogP contribution in [0.2, 0.25) is 0 Å². The van der Waals surface area contributed by atoms with E-state index in [1.54, 1.807) is 4.90 Å². The lowest BCUT2D eigenvalue weighted by Crippen LogP contribution is -2.51. The van der Waals surface area contributed by atoms with E-state index in [9.17, 15) is 14.7 Å². The zero-order chi connectivity index (χ0) is 19.4. The van der Waals surface area contributed by atoms with Gasteiger partial charge in [0.2, 0.25) is 0 Å². The standard InChI is InChI=1S/C20H23N3O3S.ClH/c1-22(2)12-13-23-15-10-6-7-11-16(15)27-18(14-8-4-3-5-9-14)17(19(23)24)21-20(25)26;/h3-11,17-18,21H,12-13H2,1-2H3,(H,25,26);1H/t17-,18-;/m0./s1. The summed E-state index contributed by atoms with van der Waals surface area (Å²) in [4.78, 5) is 29.5. The number of carbonyl (C=O) groups excluding carboxylic acids is 1. The summed E-state index contributed by atoms with van der Waals surface area (Å²) in [5.74, 6) is -0.231. The summed E-state index contributed by atoms with van der Waals surface area (Å²) in [6.07, 6.45) is -1.20. The number of thioether (sulfide) groups is 1. The first-order chi connectivity index (χ1) is 13.0. The maximum absolute atomic E-state index is 13.4. The lowest BCUT2D eigenvalue weighted by molar-refractivity contribution is -0.120. The topological polar surface area (TPSA) is 72.9 Å². The Balaban J connectivity index is 0.00000280. The molecule has 2 atom stereocenters. The molecular weight excluding hydrogens is 398 g/mol. The Morgan fingerprint density at radius 3 is 2.43 bits per heavy atom. The van der Waals surface area contributed by atoms with Gasteiger partial charge in [0.05, 0.1) is 10.9 Å². The highest BCUT2D eigenvalue weighted by atomic mass is 35.5. The maximum atomic E-state index is 13.4. The van der Waals surface area contributed by atoms with E-state index in [0.717, 1.165) is 16.1 Å². The number of anilines is 1. The number of benzene rings is 2. The van der Waals surface area contributed by atoms with Crippen molar-refractivity contribution in [3.63, 3.8) is 0 Å². The van der Waals surface area contributed by atoms with Gasteiger partial charge in [0.25, 0.3) is 5.91 Å². The number of hydrogen-bond acceptors (Lipinski definition) is 4. The van der Waals surface area contributed by atoms with Crippen molar-refractivity contribution < 1.29 is 14.7 Å². The Labute approximate surface area is 175 Å². The highest BCUT2D eigenvalue weighted by Crippen LogP contribution is 2.45. The van der Waals surface area contributed by atoms with Crippen LogP contribution in [-0.2, 0) is 4.79 Å². The fourth-order valence-electron chi connectivity index (χ4n) is 3.11. The molecule has 0 aromatic heterocycles. The predicted molar refractivity (Wildman–Crippen MR) is 115 cm³/mol. The summed E-state index contributed by atoms with van der Waals surface area (Å²) in [5.41, 5.74) is 1.74. The van der Waals surface area contributed by atoms with Gasteiger partial charge in [-0.15, -0.1) is 24.2 Å². The van der Waals surface area contributed by atoms with Gasteiger partial charge in [0.15, 0.2) is 0 Å². The Morgan fingerprint density at radius 1 is 1.14 bits per heavy atom. The second kappa shape index (κ2) is 9.82. The van der Waals surface area contributed by atoms with Crippen LogP contribution in [0.5, 0.6) is 0 Å². The van der Waals surface area contributed by atoms with Crippen LogP contribution in [0.15, 0.2) is 59.5 Å². The third-order valence-corrected chi connectivity index (χ3v) is 5.82. The van der Waals surface area contributed by atoms with Gasteiger partial charge in [0.1, 0.15) is 6.04 Å². The number of para-hydroxylation sites is 1. The SMILES string of the molecule is CN(C)CCN1C(=O)[C@@H](NC(=O)O)[C@H](c2ccccc2)Sc2ccccc21.Cl. The van der Waals surface area contributed by atoms with Gasteiger partial charge in [-0.1, -0.05) is 42.5 Å². The van der Waals surface area contributed by atoms with Gasteiger partial charge < -0.3 is 20.2 Å². The predicted octanol–water partition coefficient (Wildman–Crippen LogP) is 3.49. The van der Waals surface area contributed by atoms with Crippen molar-refractivity contribution in [3.8, 4) is 0 Å². The lowest BCUT2D eigenvalue weighted by atomic mass is 10.0. The van der Waals surface area contributed by atoms with Crippen molar-refractivity contribution in [1.29, 1.82) is 0 Å². The van der Waals surface area contributed by atoms with Crippen LogP contribution in [0.25, 0.3) is 0 Å². The summed E-state index contributed by atoms with van der Waals surface area (Å²) in [6, 6.07) is 16.4. The lowest BCUT2D eigenvalue weighted by Gasteiger charge is -2.28. The molecule has 2 aromatic carbocycles. The van der Waals surface area contributed by atoms with Crippen LogP contribution in [0.4, 0.5) is 10.5 Å². The minimum atomic E-state index is -1.20. The smallest absolute Gasteiger partial charge is 0.405 e. The van der Waals surface area contributed by atoms with Gasteiger partial charge in [-0.05, 0) is 31.8 Å². The van der Waals surface area contributed by atoms with Crippen molar-refractivity contribution >= 4 is 41.9 Å². The molecule has 0 radical (unpaired) electrons. The van der Waals surface area contributed by atoms with Crippen LogP contribution in [0.1, 0.15) is 10.8 Å². The van der Waals surface area contributed by atoms with E-state index in [2.05, 4.69) is 5.32 Å². The van der Waals surface area contributed by atoms with E-state index in [1.807, 2.05) is 73.6 Å². The Bertz CT molecular complexity index is 819. The van der Waals surface area contributed by atoms with E-state index < -0.39 is 12.1 Å². The fraction of sp³-hybridized carbons (Fsp3) is 0.300. The van der Waals surface area contributed by atoms with E-state index in [4.69, 9.17) is 0 Å². The molecule has 0 saturated carbocycles. The molecule has 0 aliphatic carbocycles. The molecule has 1 aliphatic heterocycles. The van der Waals surface area contributed by atoms with Gasteiger partial charge in [-0.2, -0.15) is 0 Å². The normalized spacial score (nSPS) is 18.8. The highest BCUT2D eigenvalue weighted by Gasteiger charge is 2.39. The van der Waals surface area contributed by atoms with Gasteiger partial charge in [0, 0.05) is 18.0 Å². The third-order valence-electron chi connectivity index (χ3n) is 4.42. The van der Waals surface area contributed by atoms with Crippen LogP contribution in [0.3, 0.4) is 0 Å². The molecule has 28 heavy (non-hydrogen) atoms. The van der Waals surface area contributed by atoms with Crippen LogP contribution >= 0.6 is 24.2 Å². The van der Waals surface area contributed by atoms with Crippen LogP contribution in [0, 0.1) is 0 Å². The zero-order valence-corrected chi connectivity index (χ0v) is 17.4. The summed E-state index contributed by atoms with van der Waals surface area (Å²) in [6.45, 7) is 1.17. The van der Waals surface area contributed by atoms with E-state index in [0.29, 0.717) is 13.1 Å². The molecular formula is C20H24ClN3O3S. The molecule has 2 amide bonds. The second-order valence-electron chi connectivity index (χ2n) is 6.64. The van der Waals surface area contributed by atoms with Gasteiger partial charge in [-0.3, -0.25) is 4.79 Å². The largest absolute Gasteiger partial charge is 0.465 e. The fourth-order valence-corrected chi connectivity index (χ4v) is 4.45. The summed E-state index contributed by atoms with van der Waals surface area (Å²) in [7, 11) is 3.89. The van der Waals surface area contributed by atoms with Crippen molar-refractivity contribution in [2.45, 2.75) is 16.2 Å². The third kappa shape index (κ3) is 4.98. The molecule has 150 valence electrons. The number of likely N-dealkylation sites (N-methyl/N-ethyl adjacent to an activating group) is 1. The molecule has 2 N–H and O–H groups in total. The monoisotopic (exact) mass is 421 g/mol.